The number of nitrogens with two attached hydrogens (primary N) is 1. The van der Waals surface area contributed by atoms with Crippen molar-refractivity contribution in [2.45, 2.75) is 6.54 Å². The molecule has 0 spiro atoms. The molecule has 0 radical (unpaired) electrons. The number of fused-ring (bicyclic) bond motifs is 2. The summed E-state index contributed by atoms with van der Waals surface area (Å²) in [5.41, 5.74) is 10.4. The number of aromatic nitrogens is 3. The molecule has 5 aromatic rings. The van der Waals surface area contributed by atoms with Gasteiger partial charge in [0.1, 0.15) is 28.4 Å². The van der Waals surface area contributed by atoms with Gasteiger partial charge in [0.2, 0.25) is 0 Å². The highest BCUT2D eigenvalue weighted by atomic mass is 35.5. The Morgan fingerprint density at radius 1 is 1.00 bits per heavy atom. The molecule has 8 nitrogen and oxygen atoms in total. The van der Waals surface area contributed by atoms with Crippen molar-refractivity contribution in [3.05, 3.63) is 82.9 Å². The summed E-state index contributed by atoms with van der Waals surface area (Å²) in [5.74, 6) is 0.930. The summed E-state index contributed by atoms with van der Waals surface area (Å²) >= 11 is 6.26. The topological polar surface area (TPSA) is 104 Å². The van der Waals surface area contributed by atoms with E-state index in [1.807, 2.05) is 42.5 Å². The van der Waals surface area contributed by atoms with Gasteiger partial charge >= 0.3 is 0 Å². The predicted molar refractivity (Wildman–Crippen MR) is 137 cm³/mol. The highest BCUT2D eigenvalue weighted by Gasteiger charge is 2.26. The number of halogens is 1. The highest BCUT2D eigenvalue weighted by Crippen LogP contribution is 2.36. The fourth-order valence-electron chi connectivity index (χ4n) is 4.00. The fraction of sp³-hybridized carbons (Fsp3) is 0.115. The molecule has 3 N–H and O–H groups in total. The summed E-state index contributed by atoms with van der Waals surface area (Å²) < 4.78 is 12.6. The minimum Gasteiger partial charge on any atom is -0.497 e. The summed E-state index contributed by atoms with van der Waals surface area (Å²) in [7, 11) is 3.13. The van der Waals surface area contributed by atoms with E-state index < -0.39 is 0 Å². The largest absolute Gasteiger partial charge is 0.497 e. The quantitative estimate of drug-likeness (QED) is 0.358. The van der Waals surface area contributed by atoms with Gasteiger partial charge in [0.15, 0.2) is 5.65 Å². The van der Waals surface area contributed by atoms with Crippen LogP contribution < -0.4 is 20.5 Å². The molecule has 2 heterocycles. The molecule has 1 amide bonds. The monoisotopic (exact) mass is 487 g/mol. The van der Waals surface area contributed by atoms with E-state index in [0.717, 1.165) is 5.56 Å². The van der Waals surface area contributed by atoms with Crippen molar-refractivity contribution in [3.63, 3.8) is 0 Å². The average Bonchev–Trinajstić information content (AvgIpc) is 3.16. The van der Waals surface area contributed by atoms with Crippen LogP contribution in [0.25, 0.3) is 27.9 Å². The Morgan fingerprint density at radius 3 is 2.43 bits per heavy atom. The third-order valence-corrected chi connectivity index (χ3v) is 6.12. The molecule has 0 bridgehead atoms. The molecular weight excluding hydrogens is 466 g/mol. The van der Waals surface area contributed by atoms with Gasteiger partial charge < -0.3 is 20.5 Å². The first-order valence-electron chi connectivity index (χ1n) is 10.8. The molecule has 5 rings (SSSR count). The SMILES string of the molecule is COc1ccc(-n2c(N)c(C(=O)NCc3ccccc3Cl)c3nc4ccccc4nc32)c(OC)c1. The van der Waals surface area contributed by atoms with Gasteiger partial charge in [-0.3, -0.25) is 9.36 Å². The van der Waals surface area contributed by atoms with E-state index >= 15 is 0 Å². The maximum Gasteiger partial charge on any atom is 0.257 e. The zero-order valence-corrected chi connectivity index (χ0v) is 19.8. The molecule has 3 aromatic carbocycles. The van der Waals surface area contributed by atoms with Crippen LogP contribution in [0.4, 0.5) is 5.82 Å². The van der Waals surface area contributed by atoms with Gasteiger partial charge in [-0.25, -0.2) is 9.97 Å². The number of amides is 1. The van der Waals surface area contributed by atoms with E-state index in [0.29, 0.717) is 44.4 Å². The van der Waals surface area contributed by atoms with Crippen LogP contribution >= 0.6 is 11.6 Å². The molecule has 176 valence electrons. The number of ether oxygens (including phenoxy) is 2. The minimum atomic E-state index is -0.386. The van der Waals surface area contributed by atoms with Crippen molar-refractivity contribution in [3.8, 4) is 17.2 Å². The molecule has 0 saturated carbocycles. The summed E-state index contributed by atoms with van der Waals surface area (Å²) in [5, 5.41) is 3.48. The predicted octanol–water partition coefficient (Wildman–Crippen LogP) is 4.76. The van der Waals surface area contributed by atoms with Gasteiger partial charge in [0, 0.05) is 17.6 Å². The second-order valence-electron chi connectivity index (χ2n) is 7.79. The normalized spacial score (nSPS) is 11.1. The number of hydrogen-bond acceptors (Lipinski definition) is 6. The van der Waals surface area contributed by atoms with Crippen LogP contribution in [0, 0.1) is 0 Å². The molecule has 0 atom stereocenters. The van der Waals surface area contributed by atoms with Gasteiger partial charge in [0.05, 0.1) is 30.9 Å². The van der Waals surface area contributed by atoms with Crippen molar-refractivity contribution in [2.24, 2.45) is 0 Å². The molecule has 0 fully saturated rings. The highest BCUT2D eigenvalue weighted by molar-refractivity contribution is 6.31. The summed E-state index contributed by atoms with van der Waals surface area (Å²) in [4.78, 5) is 23.0. The number of anilines is 1. The van der Waals surface area contributed by atoms with E-state index in [9.17, 15) is 4.79 Å². The van der Waals surface area contributed by atoms with Crippen molar-refractivity contribution < 1.29 is 14.3 Å². The fourth-order valence-corrected chi connectivity index (χ4v) is 4.21. The average molecular weight is 488 g/mol. The first kappa shape index (κ1) is 22.5. The van der Waals surface area contributed by atoms with Gasteiger partial charge in [-0.1, -0.05) is 41.9 Å². The summed E-state index contributed by atoms with van der Waals surface area (Å²) in [6.07, 6.45) is 0. The van der Waals surface area contributed by atoms with Crippen LogP contribution in [-0.4, -0.2) is 34.7 Å². The molecule has 0 aliphatic carbocycles. The number of carbonyl (C=O) groups excluding carboxylic acids is 1. The molecule has 35 heavy (non-hydrogen) atoms. The third kappa shape index (κ3) is 3.98. The lowest BCUT2D eigenvalue weighted by atomic mass is 10.2. The number of methoxy groups -OCH3 is 2. The van der Waals surface area contributed by atoms with E-state index in [2.05, 4.69) is 5.32 Å². The number of para-hydroxylation sites is 2. The van der Waals surface area contributed by atoms with Crippen LogP contribution in [-0.2, 0) is 6.54 Å². The maximum absolute atomic E-state index is 13.4. The Hall–Kier alpha value is -4.30. The standard InChI is InChI=1S/C26H22ClN5O3/c1-34-16-11-12-20(21(13-16)35-2)32-24(28)22(26(33)29-14-15-7-3-4-8-17(15)27)23-25(32)31-19-10-6-5-9-18(19)30-23/h3-13H,14,28H2,1-2H3,(H,29,33). The molecule has 9 heteroatoms. The molecule has 0 aliphatic rings. The van der Waals surface area contributed by atoms with Crippen LogP contribution in [0.1, 0.15) is 15.9 Å². The van der Waals surface area contributed by atoms with Crippen LogP contribution in [0.3, 0.4) is 0 Å². The zero-order chi connectivity index (χ0) is 24.5. The number of rotatable bonds is 6. The Kier molecular flexibility index (Phi) is 5.88. The summed E-state index contributed by atoms with van der Waals surface area (Å²) in [6, 6.07) is 20.1. The van der Waals surface area contributed by atoms with Crippen molar-refractivity contribution in [1.29, 1.82) is 0 Å². The van der Waals surface area contributed by atoms with E-state index in [4.69, 9.17) is 36.8 Å². The van der Waals surface area contributed by atoms with Crippen molar-refractivity contribution in [1.82, 2.24) is 19.9 Å². The first-order valence-corrected chi connectivity index (χ1v) is 11.2. The number of nitrogens with one attached hydrogen (secondary N) is 1. The first-order chi connectivity index (χ1) is 17.0. The van der Waals surface area contributed by atoms with Gasteiger partial charge in [0.25, 0.3) is 5.91 Å². The number of nitrogens with zero attached hydrogens (tertiary/aromatic N) is 3. The van der Waals surface area contributed by atoms with Gasteiger partial charge in [-0.05, 0) is 35.9 Å². The lowest BCUT2D eigenvalue weighted by Gasteiger charge is -2.14. The number of carbonyl (C=O) groups is 1. The Balaban J connectivity index is 1.70. The maximum atomic E-state index is 13.4. The summed E-state index contributed by atoms with van der Waals surface area (Å²) in [6.45, 7) is 0.234. The van der Waals surface area contributed by atoms with E-state index in [1.54, 1.807) is 43.1 Å². The molecular formula is C26H22ClN5O3. The molecule has 0 unspecified atom stereocenters. The minimum absolute atomic E-state index is 0.190. The van der Waals surface area contributed by atoms with Crippen LogP contribution in [0.5, 0.6) is 11.5 Å². The Bertz CT molecular complexity index is 1580. The van der Waals surface area contributed by atoms with Crippen LogP contribution in [0.2, 0.25) is 5.02 Å². The van der Waals surface area contributed by atoms with Crippen molar-refractivity contribution in [2.75, 3.05) is 20.0 Å². The lowest BCUT2D eigenvalue weighted by Crippen LogP contribution is -2.24. The third-order valence-electron chi connectivity index (χ3n) is 5.75. The van der Waals surface area contributed by atoms with Gasteiger partial charge in [-0.15, -0.1) is 0 Å². The van der Waals surface area contributed by atoms with Gasteiger partial charge in [-0.2, -0.15) is 0 Å². The number of benzene rings is 3. The molecule has 0 aliphatic heterocycles. The number of nitrogen functional groups attached to an aromatic ring is 1. The lowest BCUT2D eigenvalue weighted by molar-refractivity contribution is 0.0953. The number of hydrogen-bond donors (Lipinski definition) is 2. The molecule has 2 aromatic heterocycles. The second-order valence-corrected chi connectivity index (χ2v) is 8.20. The molecule has 0 saturated heterocycles. The van der Waals surface area contributed by atoms with Crippen LogP contribution in [0.15, 0.2) is 66.7 Å². The zero-order valence-electron chi connectivity index (χ0n) is 19.1. The van der Waals surface area contributed by atoms with Crippen molar-refractivity contribution >= 4 is 45.5 Å². The second kappa shape index (κ2) is 9.15. The Labute approximate surface area is 206 Å². The Morgan fingerprint density at radius 2 is 1.71 bits per heavy atom. The van der Waals surface area contributed by atoms with E-state index in [1.165, 1.54) is 0 Å². The van der Waals surface area contributed by atoms with E-state index in [-0.39, 0.29) is 23.8 Å². The smallest absolute Gasteiger partial charge is 0.257 e.